The maximum Gasteiger partial charge on any atom is 0.0136 e. The molecule has 2 bridgehead atoms. The van der Waals surface area contributed by atoms with Crippen LogP contribution in [-0.4, -0.2) is 11.8 Å². The Morgan fingerprint density at radius 1 is 1.26 bits per heavy atom. The zero-order valence-electron chi connectivity index (χ0n) is 11.8. The Kier molecular flexibility index (Phi) is 4.18. The third kappa shape index (κ3) is 3.17. The van der Waals surface area contributed by atoms with Crippen LogP contribution in [0.4, 0.5) is 0 Å². The molecule has 0 spiro atoms. The van der Waals surface area contributed by atoms with Crippen LogP contribution in [0.1, 0.15) is 37.7 Å². The van der Waals surface area contributed by atoms with Crippen molar-refractivity contribution in [2.24, 2.45) is 23.5 Å². The molecule has 1 nitrogen and oxygen atoms in total. The highest BCUT2D eigenvalue weighted by atomic mass is 32.2. The molecule has 0 aliphatic heterocycles. The Labute approximate surface area is 121 Å². The second-order valence-corrected chi connectivity index (χ2v) is 7.57. The van der Waals surface area contributed by atoms with Crippen molar-refractivity contribution in [1.29, 1.82) is 0 Å². The van der Waals surface area contributed by atoms with E-state index in [0.717, 1.165) is 23.5 Å². The molecule has 2 saturated carbocycles. The van der Waals surface area contributed by atoms with Gasteiger partial charge in [-0.1, -0.05) is 24.6 Å². The molecule has 4 atom stereocenters. The van der Waals surface area contributed by atoms with E-state index in [1.807, 2.05) is 11.8 Å². The first-order chi connectivity index (χ1) is 9.22. The first-order valence-corrected chi connectivity index (χ1v) is 8.65. The molecule has 2 heteroatoms. The Morgan fingerprint density at radius 3 is 2.79 bits per heavy atom. The smallest absolute Gasteiger partial charge is 0.0136 e. The van der Waals surface area contributed by atoms with Crippen LogP contribution in [0.25, 0.3) is 0 Å². The van der Waals surface area contributed by atoms with Gasteiger partial charge in [-0.15, -0.1) is 11.8 Å². The van der Waals surface area contributed by atoms with E-state index in [2.05, 4.69) is 31.2 Å². The van der Waals surface area contributed by atoms with Crippen LogP contribution in [-0.2, 0) is 0 Å². The summed E-state index contributed by atoms with van der Waals surface area (Å²) in [5.74, 6) is 4.07. The van der Waals surface area contributed by atoms with Gasteiger partial charge in [0.15, 0.2) is 0 Å². The van der Waals surface area contributed by atoms with E-state index < -0.39 is 0 Å². The van der Waals surface area contributed by atoms with Gasteiger partial charge in [-0.05, 0) is 62.0 Å². The van der Waals surface area contributed by atoms with E-state index in [0.29, 0.717) is 6.04 Å². The molecule has 19 heavy (non-hydrogen) atoms. The largest absolute Gasteiger partial charge is 0.327 e. The fraction of sp³-hybridized carbons (Fsp3) is 0.647. The van der Waals surface area contributed by atoms with Gasteiger partial charge in [0.25, 0.3) is 0 Å². The normalized spacial score (nSPS) is 30.7. The lowest BCUT2D eigenvalue weighted by atomic mass is 9.85. The summed E-state index contributed by atoms with van der Waals surface area (Å²) in [7, 11) is 0. The van der Waals surface area contributed by atoms with Crippen molar-refractivity contribution in [3.05, 3.63) is 29.8 Å². The number of thioether (sulfide) groups is 1. The van der Waals surface area contributed by atoms with Crippen molar-refractivity contribution in [3.8, 4) is 0 Å². The summed E-state index contributed by atoms with van der Waals surface area (Å²) in [6, 6.07) is 8.99. The molecule has 104 valence electrons. The van der Waals surface area contributed by atoms with Crippen LogP contribution in [0, 0.1) is 24.7 Å². The predicted octanol–water partition coefficient (Wildman–Crippen LogP) is 4.24. The number of fused-ring (bicyclic) bond motifs is 2. The van der Waals surface area contributed by atoms with Gasteiger partial charge in [-0.25, -0.2) is 0 Å². The highest BCUT2D eigenvalue weighted by Crippen LogP contribution is 2.49. The van der Waals surface area contributed by atoms with Gasteiger partial charge in [-0.2, -0.15) is 0 Å². The van der Waals surface area contributed by atoms with Gasteiger partial charge in [0.2, 0.25) is 0 Å². The number of aryl methyl sites for hydroxylation is 1. The minimum Gasteiger partial charge on any atom is -0.327 e. The fourth-order valence-corrected chi connectivity index (χ4v) is 5.04. The van der Waals surface area contributed by atoms with Crippen molar-refractivity contribution < 1.29 is 0 Å². The maximum atomic E-state index is 6.36. The Hall–Kier alpha value is -0.470. The second kappa shape index (κ2) is 5.88. The molecule has 0 saturated heterocycles. The van der Waals surface area contributed by atoms with E-state index in [1.165, 1.54) is 42.6 Å². The molecule has 2 fully saturated rings. The van der Waals surface area contributed by atoms with E-state index >= 15 is 0 Å². The van der Waals surface area contributed by atoms with Gasteiger partial charge in [-0.3, -0.25) is 0 Å². The van der Waals surface area contributed by atoms with Crippen LogP contribution in [0.5, 0.6) is 0 Å². The first kappa shape index (κ1) is 13.5. The summed E-state index contributed by atoms with van der Waals surface area (Å²) in [4.78, 5) is 1.39. The van der Waals surface area contributed by atoms with Crippen LogP contribution in [0.3, 0.4) is 0 Å². The monoisotopic (exact) mass is 275 g/mol. The lowest BCUT2D eigenvalue weighted by Gasteiger charge is -2.24. The van der Waals surface area contributed by atoms with Crippen molar-refractivity contribution in [1.82, 2.24) is 0 Å². The molecule has 4 unspecified atom stereocenters. The van der Waals surface area contributed by atoms with Crippen LogP contribution < -0.4 is 5.73 Å². The average Bonchev–Trinajstić information content (AvgIpc) is 3.00. The number of benzene rings is 1. The number of hydrogen-bond donors (Lipinski definition) is 1. The van der Waals surface area contributed by atoms with Gasteiger partial charge >= 0.3 is 0 Å². The van der Waals surface area contributed by atoms with Crippen molar-refractivity contribution in [3.63, 3.8) is 0 Å². The number of hydrogen-bond acceptors (Lipinski definition) is 2. The third-order valence-electron chi connectivity index (χ3n) is 5.04. The zero-order valence-corrected chi connectivity index (χ0v) is 12.7. The summed E-state index contributed by atoms with van der Waals surface area (Å²) >= 11 is 1.93. The topological polar surface area (TPSA) is 26.0 Å². The molecule has 2 N–H and O–H groups in total. The minimum absolute atomic E-state index is 0.369. The van der Waals surface area contributed by atoms with Gasteiger partial charge in [0, 0.05) is 16.7 Å². The second-order valence-electron chi connectivity index (χ2n) is 6.51. The van der Waals surface area contributed by atoms with Gasteiger partial charge in [0.1, 0.15) is 0 Å². The van der Waals surface area contributed by atoms with E-state index in [4.69, 9.17) is 5.73 Å². The Bertz CT molecular complexity index is 431. The summed E-state index contributed by atoms with van der Waals surface area (Å²) < 4.78 is 0. The average molecular weight is 275 g/mol. The van der Waals surface area contributed by atoms with E-state index in [1.54, 1.807) is 0 Å². The molecule has 0 heterocycles. The Morgan fingerprint density at radius 2 is 2.11 bits per heavy atom. The minimum atomic E-state index is 0.369. The summed E-state index contributed by atoms with van der Waals surface area (Å²) in [5.41, 5.74) is 7.74. The summed E-state index contributed by atoms with van der Waals surface area (Å²) in [5, 5.41) is 0. The molecule has 2 aliphatic rings. The molecule has 2 aliphatic carbocycles. The van der Waals surface area contributed by atoms with Gasteiger partial charge in [0.05, 0.1) is 0 Å². The zero-order chi connectivity index (χ0) is 13.2. The van der Waals surface area contributed by atoms with Crippen molar-refractivity contribution >= 4 is 11.8 Å². The molecular formula is C17H25NS. The molecule has 1 aromatic rings. The Balaban J connectivity index is 1.47. The van der Waals surface area contributed by atoms with Gasteiger partial charge < -0.3 is 5.73 Å². The van der Waals surface area contributed by atoms with E-state index in [-0.39, 0.29) is 0 Å². The molecule has 1 aromatic carbocycles. The number of rotatable bonds is 5. The van der Waals surface area contributed by atoms with Crippen molar-refractivity contribution in [2.75, 3.05) is 5.75 Å². The maximum absolute atomic E-state index is 6.36. The van der Waals surface area contributed by atoms with Crippen molar-refractivity contribution in [2.45, 2.75) is 50.0 Å². The quantitative estimate of drug-likeness (QED) is 0.813. The van der Waals surface area contributed by atoms with Crippen LogP contribution in [0.2, 0.25) is 0 Å². The SMILES string of the molecule is Cc1ccccc1SCC(N)CC1CC2CCC1C2. The predicted molar refractivity (Wildman–Crippen MR) is 83.4 cm³/mol. The molecule has 0 amide bonds. The summed E-state index contributed by atoms with van der Waals surface area (Å²) in [6.45, 7) is 2.18. The van der Waals surface area contributed by atoms with E-state index in [9.17, 15) is 0 Å². The molecule has 0 aromatic heterocycles. The third-order valence-corrected chi connectivity index (χ3v) is 6.40. The molecular weight excluding hydrogens is 250 g/mol. The van der Waals surface area contributed by atoms with Crippen LogP contribution >= 0.6 is 11.8 Å². The molecule has 0 radical (unpaired) electrons. The fourth-order valence-electron chi connectivity index (χ4n) is 4.04. The molecule has 3 rings (SSSR count). The highest BCUT2D eigenvalue weighted by Gasteiger charge is 2.39. The standard InChI is InChI=1S/C17H25NS/c1-12-4-2-3-5-17(12)19-11-16(18)10-15-9-13-6-7-14(15)8-13/h2-5,13-16H,6-11,18H2,1H3. The lowest BCUT2D eigenvalue weighted by Crippen LogP contribution is -2.28. The first-order valence-electron chi connectivity index (χ1n) is 7.66. The highest BCUT2D eigenvalue weighted by molar-refractivity contribution is 7.99. The summed E-state index contributed by atoms with van der Waals surface area (Å²) in [6.07, 6.45) is 7.19. The lowest BCUT2D eigenvalue weighted by molar-refractivity contribution is 0.301. The number of nitrogens with two attached hydrogens (primary N) is 1. The van der Waals surface area contributed by atoms with Crippen LogP contribution in [0.15, 0.2) is 29.2 Å².